The van der Waals surface area contributed by atoms with E-state index in [9.17, 15) is 19.8 Å². The first-order valence-corrected chi connectivity index (χ1v) is 25.3. The van der Waals surface area contributed by atoms with Crippen LogP contribution in [0.15, 0.2) is 36.5 Å². The van der Waals surface area contributed by atoms with Crippen LogP contribution in [0.2, 0.25) is 0 Å². The maximum atomic E-state index is 12.4. The lowest BCUT2D eigenvalue weighted by Gasteiger charge is -2.20. The molecule has 0 aromatic heterocycles. The van der Waals surface area contributed by atoms with Gasteiger partial charge in [-0.2, -0.15) is 0 Å². The van der Waals surface area contributed by atoms with Gasteiger partial charge < -0.3 is 20.3 Å². The first kappa shape index (κ1) is 56.1. The van der Waals surface area contributed by atoms with Gasteiger partial charge in [0.05, 0.1) is 25.4 Å². The number of carbonyl (C=O) groups excluding carboxylic acids is 2. The Labute approximate surface area is 360 Å². The average Bonchev–Trinajstić information content (AvgIpc) is 3.22. The van der Waals surface area contributed by atoms with Crippen molar-refractivity contribution in [3.8, 4) is 0 Å². The number of hydrogen-bond acceptors (Lipinski definition) is 5. The van der Waals surface area contributed by atoms with Gasteiger partial charge in [-0.3, -0.25) is 9.59 Å². The fourth-order valence-electron chi connectivity index (χ4n) is 7.49. The molecule has 6 nitrogen and oxygen atoms in total. The number of carbonyl (C=O) groups is 2. The monoisotopic (exact) mass is 816 g/mol. The van der Waals surface area contributed by atoms with Crippen LogP contribution >= 0.6 is 0 Å². The third-order valence-electron chi connectivity index (χ3n) is 11.4. The Kier molecular flexibility index (Phi) is 46.2. The maximum Gasteiger partial charge on any atom is 0.305 e. The highest BCUT2D eigenvalue weighted by Gasteiger charge is 2.18. The van der Waals surface area contributed by atoms with Gasteiger partial charge >= 0.3 is 5.97 Å². The van der Waals surface area contributed by atoms with E-state index in [0.29, 0.717) is 19.4 Å². The highest BCUT2D eigenvalue weighted by atomic mass is 16.5. The van der Waals surface area contributed by atoms with Crippen molar-refractivity contribution in [1.82, 2.24) is 5.32 Å². The van der Waals surface area contributed by atoms with E-state index in [-0.39, 0.29) is 18.5 Å². The molecule has 1 amide bonds. The molecule has 0 saturated carbocycles. The van der Waals surface area contributed by atoms with Crippen LogP contribution in [0.4, 0.5) is 0 Å². The van der Waals surface area contributed by atoms with Crippen molar-refractivity contribution in [3.05, 3.63) is 36.5 Å². The van der Waals surface area contributed by atoms with Gasteiger partial charge in [0, 0.05) is 12.8 Å². The molecule has 2 atom stereocenters. The number of ether oxygens (including phenoxy) is 1. The third-order valence-corrected chi connectivity index (χ3v) is 11.4. The topological polar surface area (TPSA) is 95.9 Å². The van der Waals surface area contributed by atoms with Crippen molar-refractivity contribution in [2.75, 3.05) is 13.2 Å². The van der Waals surface area contributed by atoms with E-state index in [2.05, 4.69) is 43.5 Å². The second-order valence-electron chi connectivity index (χ2n) is 17.1. The first-order chi connectivity index (χ1) is 28.5. The lowest BCUT2D eigenvalue weighted by atomic mass is 10.0. The molecule has 0 aliphatic heterocycles. The second kappa shape index (κ2) is 47.8. The summed E-state index contributed by atoms with van der Waals surface area (Å²) in [6, 6.07) is -0.631. The van der Waals surface area contributed by atoms with Gasteiger partial charge in [-0.1, -0.05) is 224 Å². The fourth-order valence-corrected chi connectivity index (χ4v) is 7.49. The number of rotatable bonds is 46. The Morgan fingerprint density at radius 2 is 0.897 bits per heavy atom. The Morgan fingerprint density at radius 3 is 1.38 bits per heavy atom. The van der Waals surface area contributed by atoms with Crippen molar-refractivity contribution in [2.45, 2.75) is 270 Å². The van der Waals surface area contributed by atoms with Crippen molar-refractivity contribution in [3.63, 3.8) is 0 Å². The lowest BCUT2D eigenvalue weighted by molar-refractivity contribution is -0.143. The lowest BCUT2D eigenvalue weighted by Crippen LogP contribution is -2.45. The molecule has 0 aliphatic carbocycles. The molecule has 0 spiro atoms. The Balaban J connectivity index is 3.44. The SMILES string of the molecule is CCC/C=C\C/C=C\CCCCCCCC(=O)OCCCCCCCCCCCCCCCCCCCC(=O)NC(CO)C(O)/C=C/CCCCCCCCCCC. The minimum absolute atomic E-state index is 0.0118. The van der Waals surface area contributed by atoms with E-state index in [1.807, 2.05) is 6.08 Å². The number of unbranched alkanes of at least 4 members (excludes halogenated alkanes) is 31. The highest BCUT2D eigenvalue weighted by molar-refractivity contribution is 5.76. The van der Waals surface area contributed by atoms with Gasteiger partial charge in [-0.05, 0) is 57.8 Å². The number of hydrogen-bond donors (Lipinski definition) is 3. The molecule has 0 bridgehead atoms. The van der Waals surface area contributed by atoms with Gasteiger partial charge in [-0.15, -0.1) is 0 Å². The zero-order valence-corrected chi connectivity index (χ0v) is 38.5. The summed E-state index contributed by atoms with van der Waals surface area (Å²) in [5.74, 6) is -0.0876. The van der Waals surface area contributed by atoms with Crippen LogP contribution in [0.5, 0.6) is 0 Å². The summed E-state index contributed by atoms with van der Waals surface area (Å²) < 4.78 is 5.45. The van der Waals surface area contributed by atoms with Crippen LogP contribution in [-0.4, -0.2) is 47.4 Å². The summed E-state index contributed by atoms with van der Waals surface area (Å²) in [4.78, 5) is 24.4. The van der Waals surface area contributed by atoms with Crippen LogP contribution in [0.3, 0.4) is 0 Å². The number of nitrogens with one attached hydrogen (secondary N) is 1. The standard InChI is InChI=1S/C52H97NO5/c1-3-5-7-9-11-13-15-21-26-30-34-38-42-46-52(57)58-47-43-39-35-31-27-23-20-18-16-17-19-22-25-29-33-37-41-45-51(56)53-49(48-54)50(55)44-40-36-32-28-24-14-12-10-8-6-4-2/h7,9,13,15,40,44,49-50,54-55H,3-6,8,10-12,14,16-39,41-43,45-48H2,1-2H3,(H,53,56)/b9-7-,15-13-,44-40+. The zero-order chi connectivity index (χ0) is 42.3. The summed E-state index contributed by atoms with van der Waals surface area (Å²) in [5.41, 5.74) is 0. The molecular formula is C52H97NO5. The van der Waals surface area contributed by atoms with Crippen LogP contribution in [0, 0.1) is 0 Å². The first-order valence-electron chi connectivity index (χ1n) is 25.3. The van der Waals surface area contributed by atoms with Crippen molar-refractivity contribution in [2.24, 2.45) is 0 Å². The predicted molar refractivity (Wildman–Crippen MR) is 250 cm³/mol. The van der Waals surface area contributed by atoms with E-state index in [1.165, 1.54) is 180 Å². The molecule has 0 radical (unpaired) electrons. The van der Waals surface area contributed by atoms with Crippen LogP contribution in [0.1, 0.15) is 258 Å². The minimum Gasteiger partial charge on any atom is -0.466 e. The molecule has 0 aliphatic rings. The van der Waals surface area contributed by atoms with E-state index in [4.69, 9.17) is 4.74 Å². The van der Waals surface area contributed by atoms with E-state index in [1.54, 1.807) is 6.08 Å². The minimum atomic E-state index is -0.847. The number of esters is 1. The summed E-state index contributed by atoms with van der Waals surface area (Å²) in [7, 11) is 0. The summed E-state index contributed by atoms with van der Waals surface area (Å²) in [6.45, 7) is 4.80. The Hall–Kier alpha value is -1.92. The smallest absolute Gasteiger partial charge is 0.305 e. The van der Waals surface area contributed by atoms with Crippen molar-refractivity contribution in [1.29, 1.82) is 0 Å². The molecule has 58 heavy (non-hydrogen) atoms. The van der Waals surface area contributed by atoms with Crippen LogP contribution < -0.4 is 5.32 Å². The Bertz CT molecular complexity index is 946. The van der Waals surface area contributed by atoms with Gasteiger partial charge in [0.25, 0.3) is 0 Å². The summed E-state index contributed by atoms with van der Waals surface area (Å²) in [6.07, 6.45) is 57.1. The molecule has 0 heterocycles. The van der Waals surface area contributed by atoms with Gasteiger partial charge in [0.15, 0.2) is 0 Å². The molecule has 3 N–H and O–H groups in total. The maximum absolute atomic E-state index is 12.4. The van der Waals surface area contributed by atoms with Crippen LogP contribution in [0.25, 0.3) is 0 Å². The van der Waals surface area contributed by atoms with Crippen molar-refractivity contribution < 1.29 is 24.5 Å². The second-order valence-corrected chi connectivity index (χ2v) is 17.1. The van der Waals surface area contributed by atoms with E-state index >= 15 is 0 Å². The fraction of sp³-hybridized carbons (Fsp3) is 0.846. The number of allylic oxidation sites excluding steroid dienone is 5. The van der Waals surface area contributed by atoms with E-state index in [0.717, 1.165) is 51.4 Å². The molecular weight excluding hydrogens is 719 g/mol. The zero-order valence-electron chi connectivity index (χ0n) is 38.5. The van der Waals surface area contributed by atoms with Gasteiger partial charge in [0.2, 0.25) is 5.91 Å². The van der Waals surface area contributed by atoms with E-state index < -0.39 is 12.1 Å². The quantitative estimate of drug-likeness (QED) is 0.0323. The molecule has 2 unspecified atom stereocenters. The molecule has 6 heteroatoms. The normalized spacial score (nSPS) is 13.0. The number of aliphatic hydroxyl groups is 2. The molecule has 0 aromatic rings. The average molecular weight is 816 g/mol. The van der Waals surface area contributed by atoms with Crippen LogP contribution in [-0.2, 0) is 14.3 Å². The largest absolute Gasteiger partial charge is 0.466 e. The van der Waals surface area contributed by atoms with Crippen molar-refractivity contribution >= 4 is 11.9 Å². The molecule has 0 saturated heterocycles. The number of amides is 1. The molecule has 0 fully saturated rings. The molecule has 340 valence electrons. The third kappa shape index (κ3) is 43.7. The number of aliphatic hydroxyl groups excluding tert-OH is 2. The Morgan fingerprint density at radius 1 is 0.483 bits per heavy atom. The predicted octanol–water partition coefficient (Wildman–Crippen LogP) is 14.9. The van der Waals surface area contributed by atoms with Gasteiger partial charge in [-0.25, -0.2) is 0 Å². The molecule has 0 aromatic carbocycles. The molecule has 0 rings (SSSR count). The summed E-state index contributed by atoms with van der Waals surface area (Å²) >= 11 is 0. The van der Waals surface area contributed by atoms with Gasteiger partial charge in [0.1, 0.15) is 0 Å². The highest BCUT2D eigenvalue weighted by Crippen LogP contribution is 2.16. The summed E-state index contributed by atoms with van der Waals surface area (Å²) in [5, 5.41) is 23.0.